The third-order valence-corrected chi connectivity index (χ3v) is 3.15. The Hall–Kier alpha value is -1.03. The average molecular weight is 228 g/mol. The first-order valence-corrected chi connectivity index (χ1v) is 5.48. The summed E-state index contributed by atoms with van der Waals surface area (Å²) in [7, 11) is 0. The summed E-state index contributed by atoms with van der Waals surface area (Å²) in [6.07, 6.45) is 2.73. The first kappa shape index (κ1) is 13.0. The normalized spacial score (nSPS) is 30.8. The fourth-order valence-corrected chi connectivity index (χ4v) is 2.01. The van der Waals surface area contributed by atoms with Crippen LogP contribution in [-0.2, 0) is 9.53 Å². The van der Waals surface area contributed by atoms with E-state index >= 15 is 0 Å². The van der Waals surface area contributed by atoms with Crippen LogP contribution in [0.4, 0.5) is 0 Å². The molecule has 0 radical (unpaired) electrons. The van der Waals surface area contributed by atoms with Gasteiger partial charge in [-0.05, 0) is 39.7 Å². The molecule has 0 heterocycles. The quantitative estimate of drug-likeness (QED) is 0.709. The number of hydrogen-bond donors (Lipinski definition) is 2. The molecule has 16 heavy (non-hydrogen) atoms. The Morgan fingerprint density at radius 1 is 1.62 bits per heavy atom. The minimum absolute atomic E-state index is 0.0380. The molecule has 4 nitrogen and oxygen atoms in total. The first-order valence-electron chi connectivity index (χ1n) is 5.48. The van der Waals surface area contributed by atoms with Gasteiger partial charge in [0.1, 0.15) is 17.0 Å². The predicted octanol–water partition coefficient (Wildman–Crippen LogP) is 1.93. The number of esters is 1. The molecule has 2 atom stereocenters. The summed E-state index contributed by atoms with van der Waals surface area (Å²) < 4.78 is 5.22. The molecule has 2 N–H and O–H groups in total. The lowest BCUT2D eigenvalue weighted by Crippen LogP contribution is -2.41. The number of hydrogen-bond acceptors (Lipinski definition) is 4. The molecule has 1 rings (SSSR count). The van der Waals surface area contributed by atoms with Crippen LogP contribution in [0, 0.1) is 5.92 Å². The van der Waals surface area contributed by atoms with Gasteiger partial charge in [0.25, 0.3) is 0 Å². The van der Waals surface area contributed by atoms with E-state index in [9.17, 15) is 15.0 Å². The highest BCUT2D eigenvalue weighted by Gasteiger charge is 2.39. The lowest BCUT2D eigenvalue weighted by atomic mass is 9.77. The van der Waals surface area contributed by atoms with Crippen LogP contribution in [-0.4, -0.2) is 27.4 Å². The van der Waals surface area contributed by atoms with Gasteiger partial charge in [0.15, 0.2) is 0 Å². The Kier molecular flexibility index (Phi) is 3.33. The first-order chi connectivity index (χ1) is 7.15. The maximum absolute atomic E-state index is 11.0. The standard InChI is InChI=1S/C12H20O4/c1-8(13)16-11(2,3)9-5-6-12(4,15)10(14)7-9/h7,9,14-15H,5-6H2,1-4H3. The SMILES string of the molecule is CC(=O)OC(C)(C)C1C=C(O)C(C)(O)CC1. The van der Waals surface area contributed by atoms with Crippen molar-refractivity contribution in [2.24, 2.45) is 5.92 Å². The maximum atomic E-state index is 11.0. The van der Waals surface area contributed by atoms with E-state index in [2.05, 4.69) is 0 Å². The molecule has 0 aromatic heterocycles. The van der Waals surface area contributed by atoms with Crippen molar-refractivity contribution >= 4 is 5.97 Å². The maximum Gasteiger partial charge on any atom is 0.303 e. The van der Waals surface area contributed by atoms with Gasteiger partial charge in [0.2, 0.25) is 0 Å². The fourth-order valence-electron chi connectivity index (χ4n) is 2.01. The monoisotopic (exact) mass is 228 g/mol. The van der Waals surface area contributed by atoms with Crippen molar-refractivity contribution in [1.29, 1.82) is 0 Å². The van der Waals surface area contributed by atoms with E-state index in [-0.39, 0.29) is 17.6 Å². The van der Waals surface area contributed by atoms with Crippen LogP contribution in [0.2, 0.25) is 0 Å². The largest absolute Gasteiger partial charge is 0.510 e. The fraction of sp³-hybridized carbons (Fsp3) is 0.750. The van der Waals surface area contributed by atoms with Crippen LogP contribution in [0.15, 0.2) is 11.8 Å². The molecule has 4 heteroatoms. The highest BCUT2D eigenvalue weighted by Crippen LogP contribution is 2.37. The molecule has 0 bridgehead atoms. The lowest BCUT2D eigenvalue weighted by Gasteiger charge is -2.37. The third kappa shape index (κ3) is 2.76. The summed E-state index contributed by atoms with van der Waals surface area (Å²) >= 11 is 0. The number of carbonyl (C=O) groups excluding carboxylic acids is 1. The molecule has 92 valence electrons. The molecule has 0 fully saturated rings. The van der Waals surface area contributed by atoms with Gasteiger partial charge in [-0.15, -0.1) is 0 Å². The van der Waals surface area contributed by atoms with Crippen molar-refractivity contribution in [3.63, 3.8) is 0 Å². The minimum Gasteiger partial charge on any atom is -0.510 e. The zero-order valence-electron chi connectivity index (χ0n) is 10.3. The second-order valence-corrected chi connectivity index (χ2v) is 5.17. The van der Waals surface area contributed by atoms with Crippen molar-refractivity contribution < 1.29 is 19.7 Å². The van der Waals surface area contributed by atoms with E-state index in [1.165, 1.54) is 6.92 Å². The van der Waals surface area contributed by atoms with E-state index in [0.29, 0.717) is 12.8 Å². The zero-order chi connectivity index (χ0) is 12.6. The van der Waals surface area contributed by atoms with Gasteiger partial charge in [0, 0.05) is 12.8 Å². The van der Waals surface area contributed by atoms with Crippen molar-refractivity contribution in [2.75, 3.05) is 0 Å². The Bertz CT molecular complexity index is 315. The van der Waals surface area contributed by atoms with Gasteiger partial charge < -0.3 is 14.9 Å². The van der Waals surface area contributed by atoms with E-state index < -0.39 is 11.2 Å². The topological polar surface area (TPSA) is 66.8 Å². The molecule has 0 aromatic carbocycles. The van der Waals surface area contributed by atoms with Gasteiger partial charge in [-0.25, -0.2) is 0 Å². The minimum atomic E-state index is -1.15. The molecular weight excluding hydrogens is 208 g/mol. The zero-order valence-corrected chi connectivity index (χ0v) is 10.3. The Morgan fingerprint density at radius 2 is 2.19 bits per heavy atom. The molecule has 0 amide bonds. The third-order valence-electron chi connectivity index (χ3n) is 3.15. The number of carbonyl (C=O) groups is 1. The second-order valence-electron chi connectivity index (χ2n) is 5.17. The van der Waals surface area contributed by atoms with Crippen molar-refractivity contribution in [3.05, 3.63) is 11.8 Å². The summed E-state index contributed by atoms with van der Waals surface area (Å²) in [6, 6.07) is 0. The van der Waals surface area contributed by atoms with E-state index in [1.807, 2.05) is 13.8 Å². The van der Waals surface area contributed by atoms with Crippen LogP contribution < -0.4 is 0 Å². The van der Waals surface area contributed by atoms with Crippen LogP contribution in [0.25, 0.3) is 0 Å². The van der Waals surface area contributed by atoms with Crippen LogP contribution in [0.5, 0.6) is 0 Å². The van der Waals surface area contributed by atoms with Crippen LogP contribution >= 0.6 is 0 Å². The highest BCUT2D eigenvalue weighted by atomic mass is 16.6. The number of aliphatic hydroxyl groups is 2. The Balaban J connectivity index is 2.84. The number of aliphatic hydroxyl groups excluding tert-OH is 1. The summed E-state index contributed by atoms with van der Waals surface area (Å²) in [4.78, 5) is 11.0. The van der Waals surface area contributed by atoms with E-state index in [1.54, 1.807) is 13.0 Å². The molecule has 0 saturated carbocycles. The molecule has 1 aliphatic carbocycles. The second kappa shape index (κ2) is 4.09. The Morgan fingerprint density at radius 3 is 2.62 bits per heavy atom. The summed E-state index contributed by atoms with van der Waals surface area (Å²) in [5.41, 5.74) is -1.81. The molecule has 0 spiro atoms. The summed E-state index contributed by atoms with van der Waals surface area (Å²) in [5, 5.41) is 19.5. The van der Waals surface area contributed by atoms with Crippen molar-refractivity contribution in [2.45, 2.75) is 51.7 Å². The van der Waals surface area contributed by atoms with Crippen molar-refractivity contribution in [3.8, 4) is 0 Å². The Labute approximate surface area is 95.9 Å². The van der Waals surface area contributed by atoms with Crippen LogP contribution in [0.3, 0.4) is 0 Å². The molecule has 0 aliphatic heterocycles. The van der Waals surface area contributed by atoms with E-state index in [0.717, 1.165) is 0 Å². The van der Waals surface area contributed by atoms with Crippen molar-refractivity contribution in [1.82, 2.24) is 0 Å². The smallest absolute Gasteiger partial charge is 0.303 e. The van der Waals surface area contributed by atoms with Gasteiger partial charge in [-0.3, -0.25) is 4.79 Å². The molecule has 0 saturated heterocycles. The molecule has 1 aliphatic rings. The number of ether oxygens (including phenoxy) is 1. The summed E-state index contributed by atoms with van der Waals surface area (Å²) in [6.45, 7) is 6.56. The predicted molar refractivity (Wildman–Crippen MR) is 59.9 cm³/mol. The van der Waals surface area contributed by atoms with Gasteiger partial charge in [-0.2, -0.15) is 0 Å². The molecular formula is C12H20O4. The van der Waals surface area contributed by atoms with Gasteiger partial charge in [-0.1, -0.05) is 0 Å². The molecule has 2 unspecified atom stereocenters. The average Bonchev–Trinajstić information content (AvgIpc) is 2.07. The van der Waals surface area contributed by atoms with Crippen LogP contribution in [0.1, 0.15) is 40.5 Å². The number of rotatable bonds is 2. The molecule has 0 aromatic rings. The van der Waals surface area contributed by atoms with Gasteiger partial charge in [0.05, 0.1) is 0 Å². The lowest BCUT2D eigenvalue weighted by molar-refractivity contribution is -0.158. The van der Waals surface area contributed by atoms with E-state index in [4.69, 9.17) is 4.74 Å². The summed E-state index contributed by atoms with van der Waals surface area (Å²) in [5.74, 6) is -0.448. The highest BCUT2D eigenvalue weighted by molar-refractivity contribution is 5.66. The van der Waals surface area contributed by atoms with Gasteiger partial charge >= 0.3 is 5.97 Å².